The Labute approximate surface area is 115 Å². The van der Waals surface area contributed by atoms with Crippen molar-refractivity contribution in [2.45, 2.75) is 6.92 Å². The highest BCUT2D eigenvalue weighted by atomic mass is 14.1. The van der Waals surface area contributed by atoms with Crippen molar-refractivity contribution in [1.29, 1.82) is 0 Å². The molecule has 0 N–H and O–H groups in total. The third kappa shape index (κ3) is 2.84. The van der Waals surface area contributed by atoms with Crippen LogP contribution in [0, 0.1) is 12.3 Å². The van der Waals surface area contributed by atoms with Crippen LogP contribution >= 0.6 is 0 Å². The third-order valence-electron chi connectivity index (χ3n) is 3.13. The van der Waals surface area contributed by atoms with E-state index in [-0.39, 0.29) is 0 Å². The van der Waals surface area contributed by atoms with Crippen molar-refractivity contribution in [3.05, 3.63) is 89.5 Å². The summed E-state index contributed by atoms with van der Waals surface area (Å²) in [6.45, 7) is 5.98. The molecule has 2 aromatic rings. The van der Waals surface area contributed by atoms with Crippen molar-refractivity contribution in [1.82, 2.24) is 0 Å². The van der Waals surface area contributed by atoms with Gasteiger partial charge in [-0.05, 0) is 29.2 Å². The van der Waals surface area contributed by atoms with Crippen LogP contribution in [0.25, 0.3) is 5.57 Å². The molecule has 0 aliphatic heterocycles. The maximum atomic E-state index is 5.48. The quantitative estimate of drug-likeness (QED) is 0.542. The second-order valence-corrected chi connectivity index (χ2v) is 4.35. The first-order valence-electron chi connectivity index (χ1n) is 6.21. The molecule has 0 bridgehead atoms. The fourth-order valence-electron chi connectivity index (χ4n) is 2.07. The minimum atomic E-state index is 0.725. The summed E-state index contributed by atoms with van der Waals surface area (Å²) in [4.78, 5) is 0. The van der Waals surface area contributed by atoms with Gasteiger partial charge in [0, 0.05) is 5.57 Å². The molecule has 2 aromatic carbocycles. The molecule has 0 saturated heterocycles. The van der Waals surface area contributed by atoms with Gasteiger partial charge in [0.15, 0.2) is 0 Å². The zero-order valence-corrected chi connectivity index (χ0v) is 11.1. The fourth-order valence-corrected chi connectivity index (χ4v) is 2.07. The molecule has 0 aliphatic rings. The van der Waals surface area contributed by atoms with Crippen LogP contribution in [0.2, 0.25) is 0 Å². The topological polar surface area (TPSA) is 0 Å². The smallest absolute Gasteiger partial charge is 0.0206 e. The Morgan fingerprint density at radius 1 is 0.895 bits per heavy atom. The Morgan fingerprint density at radius 2 is 1.32 bits per heavy atom. The first-order valence-corrected chi connectivity index (χ1v) is 6.21. The molecule has 0 aromatic heterocycles. The molecule has 0 heteroatoms. The lowest BCUT2D eigenvalue weighted by Gasteiger charge is -2.13. The number of terminal acetylenes is 1. The van der Waals surface area contributed by atoms with E-state index in [1.54, 1.807) is 0 Å². The highest BCUT2D eigenvalue weighted by Crippen LogP contribution is 2.29. The molecule has 0 unspecified atom stereocenters. The maximum Gasteiger partial charge on any atom is 0.0206 e. The molecule has 0 atom stereocenters. The fraction of sp³-hybridized carbons (Fsp3) is 0.0526. The largest absolute Gasteiger partial charge is 0.115 e. The summed E-state index contributed by atoms with van der Waals surface area (Å²) in [7, 11) is 0. The van der Waals surface area contributed by atoms with Gasteiger partial charge < -0.3 is 0 Å². The number of hydrogen-bond donors (Lipinski definition) is 0. The molecule has 0 fully saturated rings. The second-order valence-electron chi connectivity index (χ2n) is 4.35. The van der Waals surface area contributed by atoms with Gasteiger partial charge in [0.1, 0.15) is 0 Å². The summed E-state index contributed by atoms with van der Waals surface area (Å²) >= 11 is 0. The van der Waals surface area contributed by atoms with E-state index in [0.717, 1.165) is 27.8 Å². The molecule has 92 valence electrons. The third-order valence-corrected chi connectivity index (χ3v) is 3.13. The SMILES string of the molecule is C#CC(=C)C(C)=C(c1ccccc1)c1ccccc1. The first-order chi connectivity index (χ1) is 9.24. The van der Waals surface area contributed by atoms with E-state index in [2.05, 4.69) is 36.8 Å². The highest BCUT2D eigenvalue weighted by molar-refractivity contribution is 5.85. The second kappa shape index (κ2) is 5.89. The zero-order valence-electron chi connectivity index (χ0n) is 11.1. The summed E-state index contributed by atoms with van der Waals surface area (Å²) in [5.41, 5.74) is 5.22. The summed E-state index contributed by atoms with van der Waals surface area (Å²) in [6.07, 6.45) is 5.48. The Bertz CT molecular complexity index is 596. The van der Waals surface area contributed by atoms with Crippen LogP contribution < -0.4 is 0 Å². The summed E-state index contributed by atoms with van der Waals surface area (Å²) in [5.74, 6) is 2.63. The Balaban J connectivity index is 2.66. The predicted molar refractivity (Wildman–Crippen MR) is 82.6 cm³/mol. The van der Waals surface area contributed by atoms with Gasteiger partial charge in [-0.3, -0.25) is 0 Å². The standard InChI is InChI=1S/C19H16/c1-4-15(2)16(3)19(17-11-7-5-8-12-17)18-13-9-6-10-14-18/h1,5-14H,2H2,3H3. The molecule has 2 rings (SSSR count). The Hall–Kier alpha value is -2.52. The average molecular weight is 244 g/mol. The maximum absolute atomic E-state index is 5.48. The van der Waals surface area contributed by atoms with Crippen molar-refractivity contribution in [2.75, 3.05) is 0 Å². The van der Waals surface area contributed by atoms with Crippen molar-refractivity contribution in [2.24, 2.45) is 0 Å². The van der Waals surface area contributed by atoms with Crippen molar-refractivity contribution >= 4 is 5.57 Å². The van der Waals surface area contributed by atoms with E-state index in [1.165, 1.54) is 0 Å². The van der Waals surface area contributed by atoms with Gasteiger partial charge in [0.05, 0.1) is 0 Å². The van der Waals surface area contributed by atoms with Crippen LogP contribution in [-0.2, 0) is 0 Å². The highest BCUT2D eigenvalue weighted by Gasteiger charge is 2.09. The van der Waals surface area contributed by atoms with Crippen LogP contribution in [0.15, 0.2) is 78.4 Å². The molecule has 0 saturated carbocycles. The van der Waals surface area contributed by atoms with Gasteiger partial charge >= 0.3 is 0 Å². The Kier molecular flexibility index (Phi) is 4.00. The lowest BCUT2D eigenvalue weighted by molar-refractivity contribution is 1.43. The number of benzene rings is 2. The van der Waals surface area contributed by atoms with Crippen LogP contribution in [-0.4, -0.2) is 0 Å². The lowest BCUT2D eigenvalue weighted by atomic mass is 9.91. The van der Waals surface area contributed by atoms with E-state index in [1.807, 2.05) is 43.3 Å². The van der Waals surface area contributed by atoms with Gasteiger partial charge in [-0.25, -0.2) is 0 Å². The number of hydrogen-bond acceptors (Lipinski definition) is 0. The van der Waals surface area contributed by atoms with E-state index < -0.39 is 0 Å². The van der Waals surface area contributed by atoms with Gasteiger partial charge in [-0.1, -0.05) is 73.2 Å². The van der Waals surface area contributed by atoms with Crippen LogP contribution in [0.3, 0.4) is 0 Å². The van der Waals surface area contributed by atoms with Gasteiger partial charge in [-0.2, -0.15) is 0 Å². The van der Waals surface area contributed by atoms with Gasteiger partial charge in [0.25, 0.3) is 0 Å². The predicted octanol–water partition coefficient (Wildman–Crippen LogP) is 4.70. The van der Waals surface area contributed by atoms with E-state index in [0.29, 0.717) is 0 Å². The number of allylic oxidation sites excluding steroid dienone is 2. The molecular formula is C19H16. The molecule has 0 spiro atoms. The molecule has 0 amide bonds. The van der Waals surface area contributed by atoms with Crippen LogP contribution in [0.1, 0.15) is 18.1 Å². The van der Waals surface area contributed by atoms with Crippen LogP contribution in [0.5, 0.6) is 0 Å². The molecule has 0 radical (unpaired) electrons. The van der Waals surface area contributed by atoms with Crippen LogP contribution in [0.4, 0.5) is 0 Å². The van der Waals surface area contributed by atoms with Gasteiger partial charge in [0.2, 0.25) is 0 Å². The summed E-state index contributed by atoms with van der Waals surface area (Å²) < 4.78 is 0. The minimum absolute atomic E-state index is 0.725. The monoisotopic (exact) mass is 244 g/mol. The van der Waals surface area contributed by atoms with Gasteiger partial charge in [-0.15, -0.1) is 6.42 Å². The van der Waals surface area contributed by atoms with Crippen molar-refractivity contribution in [3.8, 4) is 12.3 Å². The molecule has 0 nitrogen and oxygen atoms in total. The average Bonchev–Trinajstić information content (AvgIpc) is 2.49. The van der Waals surface area contributed by atoms with Crippen molar-refractivity contribution in [3.63, 3.8) is 0 Å². The van der Waals surface area contributed by atoms with E-state index in [4.69, 9.17) is 6.42 Å². The molecule has 0 aliphatic carbocycles. The molecule has 19 heavy (non-hydrogen) atoms. The summed E-state index contributed by atoms with van der Waals surface area (Å²) in [5, 5.41) is 0. The lowest BCUT2D eigenvalue weighted by Crippen LogP contribution is -1.93. The normalized spacial score (nSPS) is 9.47. The van der Waals surface area contributed by atoms with E-state index >= 15 is 0 Å². The van der Waals surface area contributed by atoms with E-state index in [9.17, 15) is 0 Å². The summed E-state index contributed by atoms with van der Waals surface area (Å²) in [6, 6.07) is 20.5. The zero-order chi connectivity index (χ0) is 13.7. The Morgan fingerprint density at radius 3 is 1.68 bits per heavy atom. The van der Waals surface area contributed by atoms with Crippen molar-refractivity contribution < 1.29 is 0 Å². The molecular weight excluding hydrogens is 228 g/mol. The first kappa shape index (κ1) is 12.9. The minimum Gasteiger partial charge on any atom is -0.115 e. The number of rotatable bonds is 3. The molecule has 0 heterocycles.